The molecule has 0 saturated carbocycles. The van der Waals surface area contributed by atoms with E-state index in [0.717, 1.165) is 35.7 Å². The van der Waals surface area contributed by atoms with Gasteiger partial charge in [-0.15, -0.1) is 0 Å². The quantitative estimate of drug-likeness (QED) is 0.345. The maximum atomic E-state index is 14.1. The molecule has 2 unspecified atom stereocenters. The van der Waals surface area contributed by atoms with Crippen LogP contribution in [0.15, 0.2) is 85.2 Å². The first kappa shape index (κ1) is 25.1. The molecular weight excluding hydrogens is 460 g/mol. The third-order valence-electron chi connectivity index (χ3n) is 6.31. The van der Waals surface area contributed by atoms with E-state index in [2.05, 4.69) is 23.0 Å². The summed E-state index contributed by atoms with van der Waals surface area (Å²) in [6, 6.07) is 20.6. The van der Waals surface area contributed by atoms with Crippen LogP contribution in [0.1, 0.15) is 42.0 Å². The van der Waals surface area contributed by atoms with Gasteiger partial charge in [-0.3, -0.25) is 14.8 Å². The molecule has 1 aromatic heterocycles. The predicted molar refractivity (Wildman–Crippen MR) is 135 cm³/mol. The number of hydrogen-bond donors (Lipinski definition) is 2. The maximum absolute atomic E-state index is 14.1. The van der Waals surface area contributed by atoms with E-state index < -0.39 is 23.9 Å². The molecule has 0 aliphatic heterocycles. The van der Waals surface area contributed by atoms with E-state index in [1.807, 2.05) is 30.3 Å². The molecule has 0 saturated heterocycles. The highest BCUT2D eigenvalue weighted by Crippen LogP contribution is 2.35. The summed E-state index contributed by atoms with van der Waals surface area (Å²) < 4.78 is 28.3. The van der Waals surface area contributed by atoms with E-state index >= 15 is 0 Å². The second-order valence-electron chi connectivity index (χ2n) is 8.64. The van der Waals surface area contributed by atoms with Gasteiger partial charge in [0.1, 0.15) is 6.10 Å². The molecule has 4 aromatic rings. The first-order valence-electron chi connectivity index (χ1n) is 11.7. The van der Waals surface area contributed by atoms with Crippen LogP contribution in [0.2, 0.25) is 0 Å². The highest BCUT2D eigenvalue weighted by molar-refractivity contribution is 5.86. The van der Waals surface area contributed by atoms with E-state index in [-0.39, 0.29) is 5.56 Å². The number of nitrogens with zero attached hydrogens (tertiary/aromatic N) is 2. The van der Waals surface area contributed by atoms with Gasteiger partial charge in [0.2, 0.25) is 5.91 Å². The van der Waals surface area contributed by atoms with Gasteiger partial charge in [-0.2, -0.15) is 8.78 Å². The third-order valence-corrected chi connectivity index (χ3v) is 6.31. The molecule has 3 aromatic carbocycles. The van der Waals surface area contributed by atoms with Crippen LogP contribution in [0.25, 0.3) is 22.5 Å². The van der Waals surface area contributed by atoms with Gasteiger partial charge in [0.25, 0.3) is 5.92 Å². The summed E-state index contributed by atoms with van der Waals surface area (Å²) >= 11 is 0. The van der Waals surface area contributed by atoms with Crippen LogP contribution in [0.3, 0.4) is 0 Å². The molecule has 0 aliphatic carbocycles. The summed E-state index contributed by atoms with van der Waals surface area (Å²) in [7, 11) is 0. The molecule has 184 valence electrons. The molecule has 1 heterocycles. The van der Waals surface area contributed by atoms with Crippen molar-refractivity contribution in [3.63, 3.8) is 0 Å². The fourth-order valence-electron chi connectivity index (χ4n) is 4.30. The number of benzene rings is 3. The van der Waals surface area contributed by atoms with E-state index in [1.165, 1.54) is 24.3 Å². The molecule has 36 heavy (non-hydrogen) atoms. The molecule has 5 nitrogen and oxygen atoms in total. The second-order valence-corrected chi connectivity index (χ2v) is 8.64. The van der Waals surface area contributed by atoms with Crippen LogP contribution in [0.4, 0.5) is 8.78 Å². The predicted octanol–water partition coefficient (Wildman–Crippen LogP) is 5.46. The molecule has 4 rings (SSSR count). The number of halogens is 2. The van der Waals surface area contributed by atoms with Crippen LogP contribution in [0.5, 0.6) is 0 Å². The Morgan fingerprint density at radius 1 is 0.917 bits per heavy atom. The summed E-state index contributed by atoms with van der Waals surface area (Å²) in [5.74, 6) is -4.82. The smallest absolute Gasteiger partial charge is 0.298 e. The van der Waals surface area contributed by atoms with Gasteiger partial charge in [0, 0.05) is 29.1 Å². The molecule has 0 fully saturated rings. The number of alkyl halides is 2. The number of aryl methyl sites for hydroxylation is 1. The first-order valence-corrected chi connectivity index (χ1v) is 11.7. The Labute approximate surface area is 208 Å². The van der Waals surface area contributed by atoms with Gasteiger partial charge in [-0.25, -0.2) is 0 Å². The number of aliphatic hydroxyl groups excluding tert-OH is 1. The first-order chi connectivity index (χ1) is 17.2. The average molecular weight is 488 g/mol. The van der Waals surface area contributed by atoms with Gasteiger partial charge >= 0.3 is 0 Å². The van der Waals surface area contributed by atoms with Gasteiger partial charge < -0.3 is 10.8 Å². The van der Waals surface area contributed by atoms with Gasteiger partial charge in [-0.1, -0.05) is 79.7 Å². The third kappa shape index (κ3) is 4.88. The zero-order valence-electron chi connectivity index (χ0n) is 20.0. The molecule has 1 amide bonds. The van der Waals surface area contributed by atoms with Crippen molar-refractivity contribution in [1.29, 1.82) is 0 Å². The van der Waals surface area contributed by atoms with Crippen molar-refractivity contribution in [3.05, 3.63) is 107 Å². The number of aliphatic hydroxyl groups is 1. The number of primary amides is 1. The Morgan fingerprint density at radius 2 is 1.47 bits per heavy atom. The fraction of sp³-hybridized carbons (Fsp3) is 0.207. The molecular formula is C29H27F2N3O2. The van der Waals surface area contributed by atoms with Crippen molar-refractivity contribution in [2.24, 2.45) is 5.73 Å². The van der Waals surface area contributed by atoms with Gasteiger partial charge in [0.05, 0.1) is 17.3 Å². The Hall–Kier alpha value is -3.97. The number of carbonyl (C=O) groups is 1. The fourth-order valence-corrected chi connectivity index (χ4v) is 4.30. The van der Waals surface area contributed by atoms with Gasteiger partial charge in [-0.05, 0) is 30.0 Å². The van der Waals surface area contributed by atoms with E-state index in [0.29, 0.717) is 16.8 Å². The van der Waals surface area contributed by atoms with Crippen LogP contribution < -0.4 is 5.73 Å². The number of hydrogen-bond acceptors (Lipinski definition) is 4. The largest absolute Gasteiger partial charge is 0.387 e. The SMILES string of the molecule is CCc1ccccc1-c1nccnc1-c1ccc(C(C(N)=O)c2ccc(C(F)(F)C(C)O)cc2)cc1. The highest BCUT2D eigenvalue weighted by atomic mass is 19.3. The Kier molecular flexibility index (Phi) is 7.22. The minimum atomic E-state index is -3.40. The Morgan fingerprint density at radius 3 is 2.03 bits per heavy atom. The van der Waals surface area contributed by atoms with Crippen LogP contribution in [-0.2, 0) is 17.1 Å². The van der Waals surface area contributed by atoms with E-state index in [9.17, 15) is 18.7 Å². The van der Waals surface area contributed by atoms with Crippen molar-refractivity contribution < 1.29 is 18.7 Å². The standard InChI is InChI=1S/C29H27F2N3O2/c1-3-19-6-4-5-7-24(19)27-26(33-16-17-34-27)22-10-8-20(9-11-22)25(28(32)36)21-12-14-23(15-13-21)29(30,31)18(2)35/h4-18,25,35H,3H2,1-2H3,(H2,32,36). The van der Waals surface area contributed by atoms with Crippen molar-refractivity contribution in [1.82, 2.24) is 9.97 Å². The van der Waals surface area contributed by atoms with Crippen LogP contribution >= 0.6 is 0 Å². The summed E-state index contributed by atoms with van der Waals surface area (Å²) in [6.45, 7) is 3.12. The zero-order valence-corrected chi connectivity index (χ0v) is 20.0. The van der Waals surface area contributed by atoms with Crippen molar-refractivity contribution in [2.45, 2.75) is 38.2 Å². The summed E-state index contributed by atoms with van der Waals surface area (Å²) in [5.41, 5.74) is 11.0. The number of nitrogens with two attached hydrogens (primary N) is 1. The van der Waals surface area contributed by atoms with Crippen LogP contribution in [-0.4, -0.2) is 27.1 Å². The topological polar surface area (TPSA) is 89.1 Å². The second kappa shape index (κ2) is 10.3. The molecule has 0 aliphatic rings. The summed E-state index contributed by atoms with van der Waals surface area (Å²) in [5, 5.41) is 9.39. The average Bonchev–Trinajstić information content (AvgIpc) is 2.89. The maximum Gasteiger partial charge on any atom is 0.298 e. The Balaban J connectivity index is 1.68. The minimum absolute atomic E-state index is 0.331. The zero-order chi connectivity index (χ0) is 25.9. The normalized spacial score (nSPS) is 13.2. The minimum Gasteiger partial charge on any atom is -0.387 e. The summed E-state index contributed by atoms with van der Waals surface area (Å²) in [4.78, 5) is 21.5. The molecule has 7 heteroatoms. The van der Waals surface area contributed by atoms with Crippen LogP contribution in [0, 0.1) is 0 Å². The van der Waals surface area contributed by atoms with Crippen molar-refractivity contribution >= 4 is 5.91 Å². The summed E-state index contributed by atoms with van der Waals surface area (Å²) in [6.07, 6.45) is 2.32. The van der Waals surface area contributed by atoms with E-state index in [1.54, 1.807) is 24.5 Å². The Bertz CT molecular complexity index is 1350. The van der Waals surface area contributed by atoms with E-state index in [4.69, 9.17) is 5.73 Å². The lowest BCUT2D eigenvalue weighted by Gasteiger charge is -2.21. The molecule has 3 N–H and O–H groups in total. The lowest BCUT2D eigenvalue weighted by Crippen LogP contribution is -2.28. The number of amides is 1. The van der Waals surface area contributed by atoms with Crippen molar-refractivity contribution in [2.75, 3.05) is 0 Å². The van der Waals surface area contributed by atoms with Crippen molar-refractivity contribution in [3.8, 4) is 22.5 Å². The number of aromatic nitrogens is 2. The lowest BCUT2D eigenvalue weighted by atomic mass is 9.88. The molecule has 2 atom stereocenters. The molecule has 0 bridgehead atoms. The van der Waals surface area contributed by atoms with Gasteiger partial charge in [0.15, 0.2) is 0 Å². The molecule has 0 spiro atoms. The lowest BCUT2D eigenvalue weighted by molar-refractivity contribution is -0.118. The monoisotopic (exact) mass is 487 g/mol. The number of carbonyl (C=O) groups excluding carboxylic acids is 1. The molecule has 0 radical (unpaired) electrons. The number of rotatable bonds is 8. The highest BCUT2D eigenvalue weighted by Gasteiger charge is 2.37.